The Bertz CT molecular complexity index is 857. The number of hydrogen-bond acceptors (Lipinski definition) is 5. The number of hydrogen-bond donors (Lipinski definition) is 0. The van der Waals surface area contributed by atoms with E-state index < -0.39 is 0 Å². The van der Waals surface area contributed by atoms with Crippen LogP contribution < -0.4 is 4.74 Å². The van der Waals surface area contributed by atoms with Crippen LogP contribution in [-0.4, -0.2) is 58.5 Å². The van der Waals surface area contributed by atoms with Gasteiger partial charge in [-0.1, -0.05) is 12.1 Å². The van der Waals surface area contributed by atoms with E-state index in [0.717, 1.165) is 25.4 Å². The zero-order chi connectivity index (χ0) is 19.8. The Labute approximate surface area is 171 Å². The molecule has 152 valence electrons. The first-order valence-corrected chi connectivity index (χ1v) is 10.7. The van der Waals surface area contributed by atoms with E-state index in [2.05, 4.69) is 39.1 Å². The lowest BCUT2D eigenvalue weighted by Gasteiger charge is -2.55. The summed E-state index contributed by atoms with van der Waals surface area (Å²) in [4.78, 5) is 25.8. The van der Waals surface area contributed by atoms with E-state index in [1.54, 1.807) is 19.5 Å². The van der Waals surface area contributed by atoms with Crippen molar-refractivity contribution in [2.75, 3.05) is 26.7 Å². The van der Waals surface area contributed by atoms with Gasteiger partial charge in [-0.25, -0.2) is 9.97 Å². The number of piperidine rings is 3. The molecule has 3 aliphatic rings. The van der Waals surface area contributed by atoms with Crippen molar-refractivity contribution in [2.24, 2.45) is 11.8 Å². The van der Waals surface area contributed by atoms with E-state index in [1.165, 1.54) is 37.6 Å². The number of amides is 1. The number of likely N-dealkylation sites (tertiary alicyclic amines) is 1. The van der Waals surface area contributed by atoms with Crippen molar-refractivity contribution >= 4 is 5.91 Å². The Balaban J connectivity index is 1.34. The van der Waals surface area contributed by atoms with E-state index in [9.17, 15) is 4.79 Å². The normalized spacial score (nSPS) is 29.2. The lowest BCUT2D eigenvalue weighted by molar-refractivity contribution is -0.0511. The molecule has 6 nitrogen and oxygen atoms in total. The zero-order valence-corrected chi connectivity index (χ0v) is 16.9. The molecule has 3 aliphatic heterocycles. The molecule has 6 heteroatoms. The number of nitrogens with zero attached hydrogens (tertiary/aromatic N) is 4. The molecule has 0 radical (unpaired) electrons. The van der Waals surface area contributed by atoms with Crippen molar-refractivity contribution in [1.29, 1.82) is 0 Å². The maximum Gasteiger partial charge on any atom is 0.257 e. The first-order chi connectivity index (χ1) is 14.2. The van der Waals surface area contributed by atoms with Gasteiger partial charge in [-0.15, -0.1) is 0 Å². The van der Waals surface area contributed by atoms with Gasteiger partial charge in [-0.3, -0.25) is 9.69 Å². The molecule has 1 aromatic carbocycles. The minimum atomic E-state index is 0.0799. The van der Waals surface area contributed by atoms with Crippen LogP contribution in [0.15, 0.2) is 43.0 Å². The minimum Gasteiger partial charge on any atom is -0.497 e. The van der Waals surface area contributed by atoms with Crippen LogP contribution in [0.25, 0.3) is 0 Å². The molecule has 29 heavy (non-hydrogen) atoms. The van der Waals surface area contributed by atoms with E-state index >= 15 is 0 Å². The van der Waals surface area contributed by atoms with Crippen LogP contribution in [0, 0.1) is 11.8 Å². The molecule has 4 atom stereocenters. The van der Waals surface area contributed by atoms with Crippen molar-refractivity contribution in [2.45, 2.75) is 37.8 Å². The SMILES string of the molecule is COc1ccc([C@H]2CCC[C@H]3[C@@H]4C[C@@H](CN(C(=O)c5cncnc5)C4)CN23)cc1. The van der Waals surface area contributed by atoms with Crippen molar-refractivity contribution < 1.29 is 9.53 Å². The number of rotatable bonds is 3. The Morgan fingerprint density at radius 1 is 1.07 bits per heavy atom. The number of fused-ring (bicyclic) bond motifs is 4. The molecule has 4 heterocycles. The van der Waals surface area contributed by atoms with E-state index in [-0.39, 0.29) is 5.91 Å². The second kappa shape index (κ2) is 7.75. The molecule has 0 N–H and O–H groups in total. The van der Waals surface area contributed by atoms with Crippen LogP contribution in [0.4, 0.5) is 0 Å². The van der Waals surface area contributed by atoms with Gasteiger partial charge < -0.3 is 9.64 Å². The molecule has 0 spiro atoms. The van der Waals surface area contributed by atoms with Crippen molar-refractivity contribution in [3.8, 4) is 5.75 Å². The summed E-state index contributed by atoms with van der Waals surface area (Å²) < 4.78 is 5.33. The molecule has 5 rings (SSSR count). The van der Waals surface area contributed by atoms with Gasteiger partial charge in [0.05, 0.1) is 12.7 Å². The number of ether oxygens (including phenoxy) is 1. The predicted octanol–water partition coefficient (Wildman–Crippen LogP) is 3.17. The van der Waals surface area contributed by atoms with Gasteiger partial charge in [0.15, 0.2) is 0 Å². The smallest absolute Gasteiger partial charge is 0.257 e. The predicted molar refractivity (Wildman–Crippen MR) is 110 cm³/mol. The zero-order valence-electron chi connectivity index (χ0n) is 16.9. The van der Waals surface area contributed by atoms with Gasteiger partial charge in [0, 0.05) is 44.1 Å². The third-order valence-electron chi connectivity index (χ3n) is 6.98. The van der Waals surface area contributed by atoms with Crippen molar-refractivity contribution in [1.82, 2.24) is 19.8 Å². The summed E-state index contributed by atoms with van der Waals surface area (Å²) in [6.45, 7) is 2.76. The van der Waals surface area contributed by atoms with Gasteiger partial charge in [-0.05, 0) is 55.2 Å². The molecule has 0 saturated carbocycles. The fraction of sp³-hybridized carbons (Fsp3) is 0.522. The van der Waals surface area contributed by atoms with E-state index in [0.29, 0.717) is 29.5 Å². The molecule has 0 aliphatic carbocycles. The van der Waals surface area contributed by atoms with Gasteiger partial charge in [0.2, 0.25) is 0 Å². The summed E-state index contributed by atoms with van der Waals surface area (Å²) in [6.07, 6.45) is 9.68. The molecule has 0 unspecified atom stereocenters. The lowest BCUT2D eigenvalue weighted by Crippen LogP contribution is -2.60. The highest BCUT2D eigenvalue weighted by molar-refractivity contribution is 5.93. The standard InChI is InChI=1S/C23H28N4O2/c1-29-20-7-5-17(6-8-20)21-3-2-4-22-18-9-16(13-27(21)22)12-26(14-18)23(28)19-10-24-15-25-11-19/h5-8,10-11,15-16,18,21-22H,2-4,9,12-14H2,1H3/t16-,18+,21+,22-/m0/s1. The molecule has 2 bridgehead atoms. The summed E-state index contributed by atoms with van der Waals surface area (Å²) in [5.74, 6) is 2.08. The molecular weight excluding hydrogens is 364 g/mol. The molecule has 3 saturated heterocycles. The monoisotopic (exact) mass is 392 g/mol. The number of carbonyl (C=O) groups is 1. The van der Waals surface area contributed by atoms with E-state index in [4.69, 9.17) is 4.74 Å². The Hall–Kier alpha value is -2.47. The van der Waals surface area contributed by atoms with Crippen molar-refractivity contribution in [3.05, 3.63) is 54.1 Å². The van der Waals surface area contributed by atoms with Crippen LogP contribution >= 0.6 is 0 Å². The topological polar surface area (TPSA) is 58.6 Å². The summed E-state index contributed by atoms with van der Waals surface area (Å²) in [7, 11) is 1.71. The quantitative estimate of drug-likeness (QED) is 0.803. The summed E-state index contributed by atoms with van der Waals surface area (Å²) in [5, 5.41) is 0. The molecule has 1 amide bonds. The Kier molecular flexibility index (Phi) is 4.96. The highest BCUT2D eigenvalue weighted by Crippen LogP contribution is 2.44. The highest BCUT2D eigenvalue weighted by Gasteiger charge is 2.45. The largest absolute Gasteiger partial charge is 0.497 e. The van der Waals surface area contributed by atoms with Crippen LogP contribution in [0.5, 0.6) is 5.75 Å². The lowest BCUT2D eigenvalue weighted by atomic mass is 9.74. The van der Waals surface area contributed by atoms with Gasteiger partial charge in [0.1, 0.15) is 12.1 Å². The summed E-state index contributed by atoms with van der Waals surface area (Å²) in [5.41, 5.74) is 1.99. The average Bonchev–Trinajstić information content (AvgIpc) is 2.79. The van der Waals surface area contributed by atoms with Crippen LogP contribution in [0.2, 0.25) is 0 Å². The fourth-order valence-electron chi connectivity index (χ4n) is 5.75. The highest BCUT2D eigenvalue weighted by atomic mass is 16.5. The first-order valence-electron chi connectivity index (χ1n) is 10.7. The Morgan fingerprint density at radius 2 is 1.86 bits per heavy atom. The minimum absolute atomic E-state index is 0.0799. The van der Waals surface area contributed by atoms with Gasteiger partial charge in [-0.2, -0.15) is 0 Å². The van der Waals surface area contributed by atoms with Gasteiger partial charge >= 0.3 is 0 Å². The number of aromatic nitrogens is 2. The van der Waals surface area contributed by atoms with E-state index in [1.807, 2.05) is 4.90 Å². The molecule has 1 aromatic heterocycles. The first kappa shape index (κ1) is 18.6. The van der Waals surface area contributed by atoms with Crippen LogP contribution in [0.1, 0.15) is 47.6 Å². The maximum absolute atomic E-state index is 13.0. The number of methoxy groups -OCH3 is 1. The average molecular weight is 393 g/mol. The van der Waals surface area contributed by atoms with Crippen molar-refractivity contribution in [3.63, 3.8) is 0 Å². The van der Waals surface area contributed by atoms with Gasteiger partial charge in [0.25, 0.3) is 5.91 Å². The molecule has 3 fully saturated rings. The number of benzene rings is 1. The number of carbonyl (C=O) groups excluding carboxylic acids is 1. The second-order valence-electron chi connectivity index (χ2n) is 8.68. The molecule has 2 aromatic rings. The third kappa shape index (κ3) is 3.50. The Morgan fingerprint density at radius 3 is 2.62 bits per heavy atom. The summed E-state index contributed by atoms with van der Waals surface area (Å²) in [6, 6.07) is 9.64. The van der Waals surface area contributed by atoms with Crippen LogP contribution in [0.3, 0.4) is 0 Å². The molecular formula is C23H28N4O2. The fourth-order valence-corrected chi connectivity index (χ4v) is 5.75. The third-order valence-corrected chi connectivity index (χ3v) is 6.98. The second-order valence-corrected chi connectivity index (χ2v) is 8.68. The summed E-state index contributed by atoms with van der Waals surface area (Å²) >= 11 is 0. The maximum atomic E-state index is 13.0. The van der Waals surface area contributed by atoms with Crippen LogP contribution in [-0.2, 0) is 0 Å².